The van der Waals surface area contributed by atoms with Gasteiger partial charge >= 0.3 is 5.97 Å². The molecule has 0 amide bonds. The summed E-state index contributed by atoms with van der Waals surface area (Å²) in [5.41, 5.74) is 0.0653. The molecular formula is C10H12O4S. The third kappa shape index (κ3) is 3.14. The molecule has 0 aromatic heterocycles. The van der Waals surface area contributed by atoms with Gasteiger partial charge < -0.3 is 9.84 Å². The fraction of sp³-hybridized carbons (Fsp3) is 0.300. The van der Waals surface area contributed by atoms with E-state index in [0.29, 0.717) is 11.5 Å². The van der Waals surface area contributed by atoms with Crippen LogP contribution in [0.2, 0.25) is 0 Å². The standard InChI is InChI=1S/C10H12O4S/c1-2-14-7-15(13)9-6-4-3-5-8(9)10(11)12/h3-6H,2,7H2,1H3,(H,11,12). The first-order valence-corrected chi connectivity index (χ1v) is 5.77. The first-order chi connectivity index (χ1) is 7.16. The van der Waals surface area contributed by atoms with E-state index in [1.807, 2.05) is 0 Å². The van der Waals surface area contributed by atoms with Crippen molar-refractivity contribution in [1.82, 2.24) is 0 Å². The molecular weight excluding hydrogens is 216 g/mol. The topological polar surface area (TPSA) is 63.6 Å². The molecule has 1 aromatic rings. The highest BCUT2D eigenvalue weighted by Gasteiger charge is 2.14. The molecule has 0 spiro atoms. The first-order valence-electron chi connectivity index (χ1n) is 4.45. The Balaban J connectivity index is 2.92. The molecule has 1 aromatic carbocycles. The molecule has 5 heteroatoms. The third-order valence-corrected chi connectivity index (χ3v) is 2.98. The van der Waals surface area contributed by atoms with Crippen molar-refractivity contribution in [2.24, 2.45) is 0 Å². The lowest BCUT2D eigenvalue weighted by molar-refractivity contribution is 0.0693. The van der Waals surface area contributed by atoms with Gasteiger partial charge in [-0.25, -0.2) is 4.79 Å². The van der Waals surface area contributed by atoms with E-state index in [2.05, 4.69) is 0 Å². The lowest BCUT2D eigenvalue weighted by Gasteiger charge is -2.05. The summed E-state index contributed by atoms with van der Waals surface area (Å²) in [5.74, 6) is -1.05. The lowest BCUT2D eigenvalue weighted by atomic mass is 10.2. The average molecular weight is 228 g/mol. The van der Waals surface area contributed by atoms with Gasteiger partial charge in [0.15, 0.2) is 0 Å². The van der Waals surface area contributed by atoms with Crippen molar-refractivity contribution in [3.63, 3.8) is 0 Å². The van der Waals surface area contributed by atoms with E-state index in [-0.39, 0.29) is 11.5 Å². The summed E-state index contributed by atoms with van der Waals surface area (Å²) in [5, 5.41) is 8.86. The minimum atomic E-state index is -1.42. The lowest BCUT2D eigenvalue weighted by Crippen LogP contribution is -2.08. The Morgan fingerprint density at radius 2 is 2.13 bits per heavy atom. The average Bonchev–Trinajstić information content (AvgIpc) is 2.25. The molecule has 0 fully saturated rings. The fourth-order valence-corrected chi connectivity index (χ4v) is 2.14. The van der Waals surface area contributed by atoms with Crippen LogP contribution in [0.25, 0.3) is 0 Å². The van der Waals surface area contributed by atoms with Crippen molar-refractivity contribution < 1.29 is 18.8 Å². The number of benzene rings is 1. The van der Waals surface area contributed by atoms with Crippen molar-refractivity contribution in [1.29, 1.82) is 0 Å². The molecule has 15 heavy (non-hydrogen) atoms. The van der Waals surface area contributed by atoms with Crippen LogP contribution >= 0.6 is 0 Å². The Hall–Kier alpha value is -1.20. The first kappa shape index (κ1) is 11.9. The number of ether oxygens (including phenoxy) is 1. The van der Waals surface area contributed by atoms with E-state index in [1.165, 1.54) is 6.07 Å². The second-order valence-corrected chi connectivity index (χ2v) is 4.12. The maximum atomic E-state index is 11.7. The second-order valence-electron chi connectivity index (χ2n) is 2.76. The zero-order valence-electron chi connectivity index (χ0n) is 8.30. The van der Waals surface area contributed by atoms with Crippen LogP contribution in [-0.4, -0.2) is 27.8 Å². The molecule has 0 aliphatic heterocycles. The van der Waals surface area contributed by atoms with Gasteiger partial charge in [-0.2, -0.15) is 0 Å². The Labute approximate surface area is 90.3 Å². The second kappa shape index (κ2) is 5.63. The summed E-state index contributed by atoms with van der Waals surface area (Å²) in [6.45, 7) is 2.25. The molecule has 0 radical (unpaired) electrons. The molecule has 1 atom stereocenters. The number of carbonyl (C=O) groups is 1. The number of hydrogen-bond acceptors (Lipinski definition) is 3. The fourth-order valence-electron chi connectivity index (χ4n) is 1.06. The van der Waals surface area contributed by atoms with E-state index >= 15 is 0 Å². The summed E-state index contributed by atoms with van der Waals surface area (Å²) >= 11 is 0. The largest absolute Gasteiger partial charge is 0.478 e. The summed E-state index contributed by atoms with van der Waals surface area (Å²) in [7, 11) is -1.42. The van der Waals surface area contributed by atoms with Crippen LogP contribution < -0.4 is 0 Å². The van der Waals surface area contributed by atoms with Gasteiger partial charge in [-0.05, 0) is 19.1 Å². The molecule has 0 aliphatic carbocycles. The van der Waals surface area contributed by atoms with Gasteiger partial charge in [0.25, 0.3) is 0 Å². The number of aromatic carboxylic acids is 1. The van der Waals surface area contributed by atoms with E-state index in [4.69, 9.17) is 9.84 Å². The van der Waals surface area contributed by atoms with Gasteiger partial charge in [0, 0.05) is 6.61 Å². The summed E-state index contributed by atoms with van der Waals surface area (Å²) < 4.78 is 16.6. The predicted molar refractivity (Wildman–Crippen MR) is 56.3 cm³/mol. The molecule has 1 rings (SSSR count). The van der Waals surface area contributed by atoms with Gasteiger partial charge in [0.2, 0.25) is 0 Å². The zero-order chi connectivity index (χ0) is 11.3. The minimum absolute atomic E-state index is 0.0286. The van der Waals surface area contributed by atoms with Crippen molar-refractivity contribution >= 4 is 16.8 Å². The van der Waals surface area contributed by atoms with Gasteiger partial charge in [-0.1, -0.05) is 12.1 Å². The quantitative estimate of drug-likeness (QED) is 0.829. The van der Waals surface area contributed by atoms with Crippen LogP contribution in [0.4, 0.5) is 0 Å². The normalized spacial score (nSPS) is 12.3. The van der Waals surface area contributed by atoms with Gasteiger partial charge in [0.1, 0.15) is 5.94 Å². The van der Waals surface area contributed by atoms with E-state index < -0.39 is 16.8 Å². The number of carboxylic acid groups (broad SMARTS) is 1. The van der Waals surface area contributed by atoms with Gasteiger partial charge in [-0.15, -0.1) is 0 Å². The third-order valence-electron chi connectivity index (χ3n) is 1.76. The molecule has 0 aliphatic rings. The Morgan fingerprint density at radius 1 is 1.47 bits per heavy atom. The molecule has 1 unspecified atom stereocenters. The van der Waals surface area contributed by atoms with Crippen molar-refractivity contribution in [3.8, 4) is 0 Å². The Kier molecular flexibility index (Phi) is 4.45. The molecule has 82 valence electrons. The maximum absolute atomic E-state index is 11.7. The molecule has 1 N–H and O–H groups in total. The van der Waals surface area contributed by atoms with Crippen LogP contribution in [0.15, 0.2) is 29.2 Å². The number of carboxylic acids is 1. The molecule has 0 saturated carbocycles. The monoisotopic (exact) mass is 228 g/mol. The zero-order valence-corrected chi connectivity index (χ0v) is 9.12. The summed E-state index contributed by atoms with van der Waals surface area (Å²) in [6, 6.07) is 6.23. The van der Waals surface area contributed by atoms with Crippen LogP contribution in [0, 0.1) is 0 Å². The predicted octanol–water partition coefficient (Wildman–Crippen LogP) is 1.49. The van der Waals surface area contributed by atoms with E-state index in [9.17, 15) is 9.00 Å². The van der Waals surface area contributed by atoms with E-state index in [1.54, 1.807) is 25.1 Å². The van der Waals surface area contributed by atoms with Gasteiger partial charge in [-0.3, -0.25) is 4.21 Å². The molecule has 0 heterocycles. The maximum Gasteiger partial charge on any atom is 0.336 e. The van der Waals surface area contributed by atoms with Crippen molar-refractivity contribution in [2.45, 2.75) is 11.8 Å². The molecule has 0 bridgehead atoms. The highest BCUT2D eigenvalue weighted by atomic mass is 32.2. The van der Waals surface area contributed by atoms with Gasteiger partial charge in [0.05, 0.1) is 21.3 Å². The van der Waals surface area contributed by atoms with Crippen LogP contribution in [0.3, 0.4) is 0 Å². The highest BCUT2D eigenvalue weighted by molar-refractivity contribution is 7.85. The SMILES string of the molecule is CCOCS(=O)c1ccccc1C(=O)O. The number of hydrogen-bond donors (Lipinski definition) is 1. The van der Waals surface area contributed by atoms with E-state index in [0.717, 1.165) is 0 Å². The summed E-state index contributed by atoms with van der Waals surface area (Å²) in [6.07, 6.45) is 0. The minimum Gasteiger partial charge on any atom is -0.478 e. The molecule has 4 nitrogen and oxygen atoms in total. The highest BCUT2D eigenvalue weighted by Crippen LogP contribution is 2.13. The molecule has 0 saturated heterocycles. The Bertz CT molecular complexity index is 375. The number of rotatable bonds is 5. The Morgan fingerprint density at radius 3 is 2.73 bits per heavy atom. The van der Waals surface area contributed by atoms with Crippen LogP contribution in [0.5, 0.6) is 0 Å². The van der Waals surface area contributed by atoms with Crippen molar-refractivity contribution in [3.05, 3.63) is 29.8 Å². The van der Waals surface area contributed by atoms with Crippen molar-refractivity contribution in [2.75, 3.05) is 12.5 Å². The van der Waals surface area contributed by atoms with Crippen LogP contribution in [0.1, 0.15) is 17.3 Å². The smallest absolute Gasteiger partial charge is 0.336 e. The van der Waals surface area contributed by atoms with Crippen LogP contribution in [-0.2, 0) is 15.5 Å². The summed E-state index contributed by atoms with van der Waals surface area (Å²) in [4.78, 5) is 11.1.